The average molecular weight is 587 g/mol. The van der Waals surface area contributed by atoms with Crippen LogP contribution in [0.4, 0.5) is 0 Å². The van der Waals surface area contributed by atoms with Crippen molar-refractivity contribution in [1.29, 1.82) is 0 Å². The van der Waals surface area contributed by atoms with E-state index in [1.165, 1.54) is 18.4 Å². The van der Waals surface area contributed by atoms with Crippen molar-refractivity contribution in [1.82, 2.24) is 0 Å². The molecule has 9 heteroatoms. The SMILES string of the molecule is CCOC(=O)C(=Cc1sccc1-c1ccc(OC)c(-c2ccccc2C(=O)OC)c1)Cc1cc2c(cc1OC)OCO2. The number of ether oxygens (including phenoxy) is 6. The zero-order valence-electron chi connectivity index (χ0n) is 23.7. The van der Waals surface area contributed by atoms with Crippen molar-refractivity contribution in [2.75, 3.05) is 34.7 Å². The summed E-state index contributed by atoms with van der Waals surface area (Å²) in [7, 11) is 4.52. The number of rotatable bonds is 10. The molecule has 0 atom stereocenters. The first-order valence-electron chi connectivity index (χ1n) is 13.2. The Bertz CT molecular complexity index is 1650. The number of hydrogen-bond donors (Lipinski definition) is 0. The molecular weight excluding hydrogens is 556 g/mol. The maximum Gasteiger partial charge on any atom is 0.338 e. The highest BCUT2D eigenvalue weighted by atomic mass is 32.1. The quantitative estimate of drug-likeness (QED) is 0.148. The number of esters is 2. The van der Waals surface area contributed by atoms with Gasteiger partial charge in [0, 0.05) is 34.1 Å². The molecule has 2 heterocycles. The van der Waals surface area contributed by atoms with E-state index in [1.54, 1.807) is 39.3 Å². The van der Waals surface area contributed by atoms with Crippen LogP contribution in [0.2, 0.25) is 0 Å². The first kappa shape index (κ1) is 28.8. The monoisotopic (exact) mass is 586 g/mol. The Labute approximate surface area is 248 Å². The Morgan fingerprint density at radius 3 is 2.38 bits per heavy atom. The van der Waals surface area contributed by atoms with Gasteiger partial charge in [-0.15, -0.1) is 11.3 Å². The molecule has 0 amide bonds. The van der Waals surface area contributed by atoms with Crippen molar-refractivity contribution in [2.24, 2.45) is 0 Å². The molecule has 0 spiro atoms. The lowest BCUT2D eigenvalue weighted by Gasteiger charge is -2.14. The van der Waals surface area contributed by atoms with E-state index in [4.69, 9.17) is 28.4 Å². The van der Waals surface area contributed by atoms with E-state index in [2.05, 4.69) is 0 Å². The zero-order valence-corrected chi connectivity index (χ0v) is 24.5. The normalized spacial score (nSPS) is 12.1. The van der Waals surface area contributed by atoms with Gasteiger partial charge in [0.1, 0.15) is 11.5 Å². The highest BCUT2D eigenvalue weighted by molar-refractivity contribution is 7.11. The second-order valence-electron chi connectivity index (χ2n) is 9.23. The molecule has 0 bridgehead atoms. The summed E-state index contributed by atoms with van der Waals surface area (Å²) in [4.78, 5) is 26.6. The molecule has 3 aromatic carbocycles. The smallest absolute Gasteiger partial charge is 0.338 e. The van der Waals surface area contributed by atoms with Gasteiger partial charge >= 0.3 is 11.9 Å². The molecule has 1 aromatic heterocycles. The van der Waals surface area contributed by atoms with Gasteiger partial charge in [-0.25, -0.2) is 9.59 Å². The van der Waals surface area contributed by atoms with Gasteiger partial charge in [-0.2, -0.15) is 0 Å². The summed E-state index contributed by atoms with van der Waals surface area (Å²) in [6.07, 6.45) is 2.12. The van der Waals surface area contributed by atoms with Gasteiger partial charge in [-0.05, 0) is 65.4 Å². The molecule has 0 saturated carbocycles. The number of carbonyl (C=O) groups is 2. The van der Waals surface area contributed by atoms with Crippen LogP contribution in [-0.4, -0.2) is 46.7 Å². The number of carbonyl (C=O) groups excluding carboxylic acids is 2. The largest absolute Gasteiger partial charge is 0.496 e. The first-order chi connectivity index (χ1) is 20.5. The topological polar surface area (TPSA) is 89.5 Å². The number of methoxy groups -OCH3 is 3. The van der Waals surface area contributed by atoms with Crippen molar-refractivity contribution < 1.29 is 38.0 Å². The summed E-state index contributed by atoms with van der Waals surface area (Å²) in [5, 5.41) is 1.97. The lowest BCUT2D eigenvalue weighted by molar-refractivity contribution is -0.138. The van der Waals surface area contributed by atoms with Gasteiger partial charge in [0.2, 0.25) is 6.79 Å². The molecule has 216 valence electrons. The predicted octanol–water partition coefficient (Wildman–Crippen LogP) is 6.80. The fourth-order valence-electron chi connectivity index (χ4n) is 4.83. The van der Waals surface area contributed by atoms with E-state index in [9.17, 15) is 9.59 Å². The van der Waals surface area contributed by atoms with Gasteiger partial charge in [0.25, 0.3) is 0 Å². The van der Waals surface area contributed by atoms with Crippen LogP contribution in [0.3, 0.4) is 0 Å². The van der Waals surface area contributed by atoms with Crippen molar-refractivity contribution in [3.8, 4) is 45.3 Å². The van der Waals surface area contributed by atoms with Crippen LogP contribution in [0.15, 0.2) is 71.6 Å². The summed E-state index contributed by atoms with van der Waals surface area (Å²) >= 11 is 1.51. The minimum atomic E-state index is -0.435. The molecule has 42 heavy (non-hydrogen) atoms. The fourth-order valence-corrected chi connectivity index (χ4v) is 5.70. The molecule has 0 aliphatic carbocycles. The standard InChI is InChI=1S/C33H30O8S/c1-5-39-32(34)22(14-21-16-29-30(41-19-40-29)18-28(21)37-3)17-31-23(12-13-42-31)20-10-11-27(36-2)26(15-20)24-8-6-7-9-25(24)33(35)38-4/h6-13,15-18H,5,14,19H2,1-4H3. The van der Waals surface area contributed by atoms with Crippen molar-refractivity contribution in [3.05, 3.63) is 87.6 Å². The third-order valence-corrected chi connectivity index (χ3v) is 7.69. The molecule has 0 fully saturated rings. The predicted molar refractivity (Wildman–Crippen MR) is 161 cm³/mol. The van der Waals surface area contributed by atoms with Crippen molar-refractivity contribution in [3.63, 3.8) is 0 Å². The Balaban J connectivity index is 1.57. The number of fused-ring (bicyclic) bond motifs is 1. The van der Waals surface area contributed by atoms with Gasteiger partial charge in [0.15, 0.2) is 11.5 Å². The molecule has 4 aromatic rings. The second-order valence-corrected chi connectivity index (χ2v) is 10.2. The van der Waals surface area contributed by atoms with Crippen molar-refractivity contribution >= 4 is 29.4 Å². The molecule has 0 unspecified atom stereocenters. The van der Waals surface area contributed by atoms with Crippen LogP contribution >= 0.6 is 11.3 Å². The van der Waals surface area contributed by atoms with Crippen LogP contribution in [0.5, 0.6) is 23.0 Å². The molecule has 0 radical (unpaired) electrons. The number of hydrogen-bond acceptors (Lipinski definition) is 9. The van der Waals surface area contributed by atoms with E-state index >= 15 is 0 Å². The van der Waals surface area contributed by atoms with Crippen LogP contribution in [0.1, 0.15) is 27.7 Å². The first-order valence-corrected chi connectivity index (χ1v) is 14.1. The maximum absolute atomic E-state index is 13.2. The van der Waals surface area contributed by atoms with E-state index in [0.29, 0.717) is 39.7 Å². The molecule has 5 rings (SSSR count). The Morgan fingerprint density at radius 2 is 1.64 bits per heavy atom. The summed E-state index contributed by atoms with van der Waals surface area (Å²) in [6, 6.07) is 18.6. The van der Waals surface area contributed by atoms with Gasteiger partial charge < -0.3 is 28.4 Å². The molecular formula is C33H30O8S. The number of thiophene rings is 1. The molecule has 8 nitrogen and oxygen atoms in total. The summed E-state index contributed by atoms with van der Waals surface area (Å²) in [6.45, 7) is 2.15. The molecule has 1 aliphatic rings. The van der Waals surface area contributed by atoms with E-state index in [1.807, 2.05) is 53.9 Å². The average Bonchev–Trinajstić information content (AvgIpc) is 3.68. The highest BCUT2D eigenvalue weighted by Gasteiger charge is 2.22. The van der Waals surface area contributed by atoms with E-state index in [-0.39, 0.29) is 19.8 Å². The maximum atomic E-state index is 13.2. The van der Waals surface area contributed by atoms with Crippen LogP contribution in [-0.2, 0) is 20.7 Å². The van der Waals surface area contributed by atoms with Crippen LogP contribution < -0.4 is 18.9 Å². The second kappa shape index (κ2) is 12.8. The summed E-state index contributed by atoms with van der Waals surface area (Å²) < 4.78 is 32.7. The summed E-state index contributed by atoms with van der Waals surface area (Å²) in [5.74, 6) is 1.55. The number of benzene rings is 3. The van der Waals surface area contributed by atoms with Gasteiger partial charge in [-0.1, -0.05) is 24.3 Å². The van der Waals surface area contributed by atoms with Gasteiger partial charge in [0.05, 0.1) is 33.5 Å². The van der Waals surface area contributed by atoms with Crippen LogP contribution in [0.25, 0.3) is 28.3 Å². The minimum absolute atomic E-state index is 0.134. The minimum Gasteiger partial charge on any atom is -0.496 e. The third-order valence-electron chi connectivity index (χ3n) is 6.83. The zero-order chi connectivity index (χ0) is 29.6. The van der Waals surface area contributed by atoms with Crippen LogP contribution in [0, 0.1) is 0 Å². The lowest BCUT2D eigenvalue weighted by atomic mass is 9.94. The third kappa shape index (κ3) is 5.82. The molecule has 1 aliphatic heterocycles. The summed E-state index contributed by atoms with van der Waals surface area (Å²) in [5.41, 5.74) is 4.90. The van der Waals surface area contributed by atoms with E-state index in [0.717, 1.165) is 27.1 Å². The Kier molecular flexibility index (Phi) is 8.78. The van der Waals surface area contributed by atoms with E-state index < -0.39 is 11.9 Å². The molecule has 0 saturated heterocycles. The Hall–Kier alpha value is -4.76. The fraction of sp³-hybridized carbons (Fsp3) is 0.212. The highest BCUT2D eigenvalue weighted by Crippen LogP contribution is 2.41. The lowest BCUT2D eigenvalue weighted by Crippen LogP contribution is -2.10. The molecule has 0 N–H and O–H groups in total. The van der Waals surface area contributed by atoms with Crippen molar-refractivity contribution in [2.45, 2.75) is 13.3 Å². The Morgan fingerprint density at radius 1 is 0.881 bits per heavy atom. The van der Waals surface area contributed by atoms with Gasteiger partial charge in [-0.3, -0.25) is 0 Å².